The van der Waals surface area contributed by atoms with Gasteiger partial charge >= 0.3 is 0 Å². The van der Waals surface area contributed by atoms with Crippen LogP contribution in [0, 0.1) is 5.41 Å². The Morgan fingerprint density at radius 2 is 2.16 bits per heavy atom. The summed E-state index contributed by atoms with van der Waals surface area (Å²) in [5.74, 6) is -0.426. The Labute approximate surface area is 112 Å². The van der Waals surface area contributed by atoms with Crippen molar-refractivity contribution in [1.82, 2.24) is 5.32 Å². The van der Waals surface area contributed by atoms with E-state index in [-0.39, 0.29) is 17.7 Å². The molecule has 1 aliphatic heterocycles. The smallest absolute Gasteiger partial charge is 0.231 e. The fourth-order valence-corrected chi connectivity index (χ4v) is 2.27. The van der Waals surface area contributed by atoms with Crippen molar-refractivity contribution in [3.8, 4) is 0 Å². The minimum absolute atomic E-state index is 0.0191. The lowest BCUT2D eigenvalue weighted by Crippen LogP contribution is -2.35. The molecular formula is C14H19N3O2. The highest BCUT2D eigenvalue weighted by Gasteiger charge is 2.36. The molecule has 0 saturated carbocycles. The van der Waals surface area contributed by atoms with Crippen LogP contribution in [0.4, 0.5) is 5.69 Å². The van der Waals surface area contributed by atoms with Gasteiger partial charge in [-0.15, -0.1) is 0 Å². The molecule has 1 unspecified atom stereocenters. The Kier molecular flexibility index (Phi) is 3.85. The number of hydrogen-bond acceptors (Lipinski definition) is 3. The second-order valence-electron chi connectivity index (χ2n) is 5.24. The lowest BCUT2D eigenvalue weighted by molar-refractivity contribution is -0.124. The molecule has 0 spiro atoms. The molecule has 1 fully saturated rings. The number of anilines is 1. The van der Waals surface area contributed by atoms with Gasteiger partial charge in [-0.1, -0.05) is 18.2 Å². The van der Waals surface area contributed by atoms with Gasteiger partial charge in [0.15, 0.2) is 0 Å². The number of carbonyl (C=O) groups is 2. The first-order chi connectivity index (χ1) is 9.01. The Bertz CT molecular complexity index is 493. The van der Waals surface area contributed by atoms with E-state index < -0.39 is 5.91 Å². The van der Waals surface area contributed by atoms with Gasteiger partial charge in [0.25, 0.3) is 0 Å². The molecule has 4 N–H and O–H groups in total. The third-order valence-electron chi connectivity index (χ3n) is 3.55. The van der Waals surface area contributed by atoms with Crippen LogP contribution in [0.15, 0.2) is 24.3 Å². The van der Waals surface area contributed by atoms with Crippen molar-refractivity contribution in [2.24, 2.45) is 11.1 Å². The summed E-state index contributed by atoms with van der Waals surface area (Å²) in [6.07, 6.45) is 0.947. The molecule has 102 valence electrons. The number of amides is 2. The van der Waals surface area contributed by atoms with E-state index in [9.17, 15) is 9.59 Å². The first-order valence-electron chi connectivity index (χ1n) is 6.40. The van der Waals surface area contributed by atoms with Crippen molar-refractivity contribution in [2.75, 3.05) is 18.4 Å². The first-order valence-corrected chi connectivity index (χ1v) is 6.40. The second-order valence-corrected chi connectivity index (χ2v) is 5.24. The molecule has 0 radical (unpaired) electrons. The molecule has 1 aromatic carbocycles. The maximum Gasteiger partial charge on any atom is 0.231 e. The van der Waals surface area contributed by atoms with Crippen molar-refractivity contribution in [3.05, 3.63) is 29.8 Å². The fourth-order valence-electron chi connectivity index (χ4n) is 2.27. The lowest BCUT2D eigenvalue weighted by atomic mass is 9.88. The molecule has 1 aliphatic rings. The quantitative estimate of drug-likeness (QED) is 0.744. The number of hydrogen-bond donors (Lipinski definition) is 3. The van der Waals surface area contributed by atoms with E-state index in [1.54, 1.807) is 12.1 Å². The van der Waals surface area contributed by atoms with Gasteiger partial charge in [-0.05, 0) is 31.5 Å². The number of para-hydroxylation sites is 1. The van der Waals surface area contributed by atoms with Crippen LogP contribution in [0.2, 0.25) is 0 Å². The summed E-state index contributed by atoms with van der Waals surface area (Å²) >= 11 is 0. The standard InChI is InChI=1S/C14H19N3O2/c1-14(6-7-16-9-14)13(19)17-11-5-3-2-4-10(11)8-12(15)18/h2-5,16H,6-9H2,1H3,(H2,15,18)(H,17,19). The predicted octanol–water partition coefficient (Wildman–Crippen LogP) is 0.653. The van der Waals surface area contributed by atoms with Crippen LogP contribution >= 0.6 is 0 Å². The SMILES string of the molecule is CC1(C(=O)Nc2ccccc2CC(N)=O)CCNC1. The molecule has 0 aliphatic carbocycles. The molecular weight excluding hydrogens is 242 g/mol. The average Bonchev–Trinajstić information content (AvgIpc) is 2.79. The summed E-state index contributed by atoms with van der Waals surface area (Å²) in [5, 5.41) is 6.10. The van der Waals surface area contributed by atoms with Gasteiger partial charge in [-0.3, -0.25) is 9.59 Å². The molecule has 1 saturated heterocycles. The third-order valence-corrected chi connectivity index (χ3v) is 3.55. The summed E-state index contributed by atoms with van der Waals surface area (Å²) in [6.45, 7) is 3.47. The number of nitrogens with one attached hydrogen (secondary N) is 2. The van der Waals surface area contributed by atoms with Crippen molar-refractivity contribution in [2.45, 2.75) is 19.8 Å². The lowest BCUT2D eigenvalue weighted by Gasteiger charge is -2.22. The molecule has 0 bridgehead atoms. The highest BCUT2D eigenvalue weighted by Crippen LogP contribution is 2.27. The Morgan fingerprint density at radius 3 is 2.79 bits per heavy atom. The third kappa shape index (κ3) is 3.12. The zero-order valence-corrected chi connectivity index (χ0v) is 11.0. The molecule has 5 nitrogen and oxygen atoms in total. The predicted molar refractivity (Wildman–Crippen MR) is 73.6 cm³/mol. The Morgan fingerprint density at radius 1 is 1.42 bits per heavy atom. The van der Waals surface area contributed by atoms with E-state index in [4.69, 9.17) is 5.73 Å². The van der Waals surface area contributed by atoms with Gasteiger partial charge in [0.1, 0.15) is 0 Å². The fraction of sp³-hybridized carbons (Fsp3) is 0.429. The van der Waals surface area contributed by atoms with Crippen LogP contribution in [0.3, 0.4) is 0 Å². The van der Waals surface area contributed by atoms with E-state index in [1.165, 1.54) is 0 Å². The summed E-state index contributed by atoms with van der Waals surface area (Å²) < 4.78 is 0. The van der Waals surface area contributed by atoms with Crippen LogP contribution < -0.4 is 16.4 Å². The van der Waals surface area contributed by atoms with Gasteiger partial charge in [0.05, 0.1) is 11.8 Å². The number of rotatable bonds is 4. The van der Waals surface area contributed by atoms with Gasteiger partial charge < -0.3 is 16.4 Å². The normalized spacial score (nSPS) is 22.2. The number of benzene rings is 1. The summed E-state index contributed by atoms with van der Waals surface area (Å²) in [4.78, 5) is 23.3. The minimum atomic E-state index is -0.407. The highest BCUT2D eigenvalue weighted by molar-refractivity contribution is 5.96. The summed E-state index contributed by atoms with van der Waals surface area (Å²) in [5.41, 5.74) is 6.24. The Hall–Kier alpha value is -1.88. The molecule has 2 rings (SSSR count). The monoisotopic (exact) mass is 261 g/mol. The van der Waals surface area contributed by atoms with Crippen molar-refractivity contribution < 1.29 is 9.59 Å². The van der Waals surface area contributed by atoms with Crippen LogP contribution in [0.1, 0.15) is 18.9 Å². The van der Waals surface area contributed by atoms with Crippen molar-refractivity contribution in [1.29, 1.82) is 0 Å². The second kappa shape index (κ2) is 5.40. The Balaban J connectivity index is 2.14. The van der Waals surface area contributed by atoms with E-state index in [0.717, 1.165) is 18.5 Å². The number of nitrogens with two attached hydrogens (primary N) is 1. The van der Waals surface area contributed by atoms with Gasteiger partial charge in [0.2, 0.25) is 11.8 Å². The minimum Gasteiger partial charge on any atom is -0.369 e. The number of carbonyl (C=O) groups excluding carboxylic acids is 2. The number of primary amides is 1. The summed E-state index contributed by atoms with van der Waals surface area (Å²) in [7, 11) is 0. The van der Waals surface area contributed by atoms with Crippen molar-refractivity contribution >= 4 is 17.5 Å². The zero-order valence-electron chi connectivity index (χ0n) is 11.0. The van der Waals surface area contributed by atoms with E-state index in [0.29, 0.717) is 12.2 Å². The van der Waals surface area contributed by atoms with Crippen LogP contribution in [-0.4, -0.2) is 24.9 Å². The largest absolute Gasteiger partial charge is 0.369 e. The molecule has 5 heteroatoms. The van der Waals surface area contributed by atoms with Gasteiger partial charge in [-0.25, -0.2) is 0 Å². The maximum absolute atomic E-state index is 12.3. The first kappa shape index (κ1) is 13.5. The maximum atomic E-state index is 12.3. The van der Waals surface area contributed by atoms with Gasteiger partial charge in [0, 0.05) is 12.2 Å². The molecule has 1 heterocycles. The van der Waals surface area contributed by atoms with E-state index >= 15 is 0 Å². The highest BCUT2D eigenvalue weighted by atomic mass is 16.2. The zero-order chi connectivity index (χ0) is 13.9. The van der Waals surface area contributed by atoms with Crippen LogP contribution in [0.5, 0.6) is 0 Å². The average molecular weight is 261 g/mol. The molecule has 1 atom stereocenters. The summed E-state index contributed by atoms with van der Waals surface area (Å²) in [6, 6.07) is 7.25. The molecule has 19 heavy (non-hydrogen) atoms. The molecule has 0 aromatic heterocycles. The van der Waals surface area contributed by atoms with E-state index in [1.807, 2.05) is 19.1 Å². The topological polar surface area (TPSA) is 84.2 Å². The van der Waals surface area contributed by atoms with Crippen LogP contribution in [0.25, 0.3) is 0 Å². The van der Waals surface area contributed by atoms with Gasteiger partial charge in [-0.2, -0.15) is 0 Å². The molecule has 2 amide bonds. The van der Waals surface area contributed by atoms with E-state index in [2.05, 4.69) is 10.6 Å². The molecule has 1 aromatic rings. The van der Waals surface area contributed by atoms with Crippen LogP contribution in [-0.2, 0) is 16.0 Å². The van der Waals surface area contributed by atoms with Crippen molar-refractivity contribution in [3.63, 3.8) is 0 Å².